The molecule has 1 aliphatic heterocycles. The van der Waals surface area contributed by atoms with Gasteiger partial charge in [0.25, 0.3) is 15.9 Å². The molecule has 0 aliphatic carbocycles. The highest BCUT2D eigenvalue weighted by molar-refractivity contribution is 8.33. The first-order valence-electron chi connectivity index (χ1n) is 14.0. The van der Waals surface area contributed by atoms with Crippen LogP contribution in [0.4, 0.5) is 19.0 Å². The van der Waals surface area contributed by atoms with E-state index < -0.39 is 38.6 Å². The first-order chi connectivity index (χ1) is 19.7. The number of nitrogens with zero attached hydrogens (tertiary/aromatic N) is 6. The molecule has 1 N–H and O–H groups in total. The SMILES string of the molecule is C.C.Cc1nn(C)cc1S(=O)(=O)NC(=O)c1ccc(-n2ccc(S(C)(CCC(F)(F)F)C(C)C)n2)nc1N1C[C@@H](C)CC1(C)C.[HH]. The van der Waals surface area contributed by atoms with Crippen molar-refractivity contribution in [3.05, 3.63) is 41.9 Å². The quantitative estimate of drug-likeness (QED) is 0.267. The van der Waals surface area contributed by atoms with E-state index >= 15 is 0 Å². The van der Waals surface area contributed by atoms with Crippen LogP contribution in [0.1, 0.15) is 79.8 Å². The predicted molar refractivity (Wildman–Crippen MR) is 177 cm³/mol. The summed E-state index contributed by atoms with van der Waals surface area (Å²) in [6, 6.07) is 4.80. The maximum atomic E-state index is 13.5. The Balaban J connectivity index is 0.00000353. The Kier molecular flexibility index (Phi) is 11.3. The van der Waals surface area contributed by atoms with E-state index in [9.17, 15) is 26.4 Å². The van der Waals surface area contributed by atoms with Gasteiger partial charge in [-0.25, -0.2) is 22.8 Å². The molecule has 3 aromatic heterocycles. The fourth-order valence-electron chi connectivity index (χ4n) is 5.58. The normalized spacial score (nSPS) is 18.6. The summed E-state index contributed by atoms with van der Waals surface area (Å²) < 4.78 is 70.7. The number of rotatable bonds is 9. The number of carbonyl (C=O) groups is 1. The molecular weight excluding hydrogens is 628 g/mol. The summed E-state index contributed by atoms with van der Waals surface area (Å²) in [6.45, 7) is 12.1. The molecule has 0 saturated carbocycles. The predicted octanol–water partition coefficient (Wildman–Crippen LogP) is 6.73. The number of carbonyl (C=O) groups excluding carboxylic acids is 1. The molecule has 1 fully saturated rings. The van der Waals surface area contributed by atoms with Crippen LogP contribution in [0, 0.1) is 12.8 Å². The maximum absolute atomic E-state index is 13.5. The van der Waals surface area contributed by atoms with Crippen molar-refractivity contribution in [1.29, 1.82) is 0 Å². The van der Waals surface area contributed by atoms with Gasteiger partial charge in [0.15, 0.2) is 5.82 Å². The van der Waals surface area contributed by atoms with Crippen molar-refractivity contribution < 1.29 is 27.8 Å². The minimum atomic E-state index is -4.26. The molecule has 1 amide bonds. The van der Waals surface area contributed by atoms with Crippen molar-refractivity contribution in [1.82, 2.24) is 29.3 Å². The number of amides is 1. The topological polar surface area (TPSA) is 115 Å². The van der Waals surface area contributed by atoms with Gasteiger partial charge in [-0.15, -0.1) is 0 Å². The smallest absolute Gasteiger partial charge is 0.350 e. The largest absolute Gasteiger partial charge is 0.389 e. The third-order valence-electron chi connectivity index (χ3n) is 8.05. The summed E-state index contributed by atoms with van der Waals surface area (Å²) in [4.78, 5) is 20.2. The van der Waals surface area contributed by atoms with Crippen LogP contribution in [0.5, 0.6) is 0 Å². The third-order valence-corrected chi connectivity index (χ3v) is 13.8. The minimum absolute atomic E-state index is 0. The molecule has 1 saturated heterocycles. The summed E-state index contributed by atoms with van der Waals surface area (Å²) in [7, 11) is -4.53. The van der Waals surface area contributed by atoms with Crippen LogP contribution in [-0.2, 0) is 17.1 Å². The highest BCUT2D eigenvalue weighted by Gasteiger charge is 2.40. The molecule has 0 spiro atoms. The Labute approximate surface area is 268 Å². The lowest BCUT2D eigenvalue weighted by atomic mass is 9.97. The van der Waals surface area contributed by atoms with Gasteiger partial charge in [-0.05, 0) is 68.6 Å². The van der Waals surface area contributed by atoms with Gasteiger partial charge in [-0.1, -0.05) is 35.6 Å². The van der Waals surface area contributed by atoms with E-state index in [-0.39, 0.29) is 49.0 Å². The van der Waals surface area contributed by atoms with E-state index in [4.69, 9.17) is 4.98 Å². The van der Waals surface area contributed by atoms with Gasteiger partial charge in [0.05, 0.1) is 17.7 Å². The van der Waals surface area contributed by atoms with Crippen molar-refractivity contribution in [2.75, 3.05) is 23.5 Å². The molecule has 1 unspecified atom stereocenters. The zero-order valence-corrected chi connectivity index (χ0v) is 27.4. The van der Waals surface area contributed by atoms with Gasteiger partial charge in [-0.3, -0.25) is 9.48 Å². The highest BCUT2D eigenvalue weighted by Crippen LogP contribution is 2.57. The Hall–Kier alpha value is -3.07. The fourth-order valence-corrected chi connectivity index (χ4v) is 9.23. The second-order valence-electron chi connectivity index (χ2n) is 12.3. The number of hydrogen-bond donors (Lipinski definition) is 1. The standard InChI is InChI=1S/C28H40F3N7O3S2.2CH4.H2/c1-18(2)42(8,14-12-28(29,30)31)24-11-13-38(34-24)23-10-9-21(25(32-23)37-16-19(3)15-27(37,5)6)26(39)35-43(40,41)22-17-36(7)33-20(22)4;;;/h9-11,13,17-19H,12,14-16H2,1-8H3,(H,35,39);2*1H4;1H/t19-;;;/m0.../s1. The molecule has 0 radical (unpaired) electrons. The average molecular weight is 678 g/mol. The second-order valence-corrected chi connectivity index (χ2v) is 18.1. The molecule has 4 rings (SSSR count). The minimum Gasteiger partial charge on any atom is -0.350 e. The summed E-state index contributed by atoms with van der Waals surface area (Å²) in [5.41, 5.74) is -0.0518. The van der Waals surface area contributed by atoms with E-state index in [1.54, 1.807) is 32.3 Å². The maximum Gasteiger partial charge on any atom is 0.389 e. The van der Waals surface area contributed by atoms with Crippen LogP contribution in [-0.4, -0.2) is 74.4 Å². The number of nitrogens with one attached hydrogen (secondary N) is 1. The Bertz CT molecular complexity index is 1620. The monoisotopic (exact) mass is 677 g/mol. The Morgan fingerprint density at radius 3 is 2.33 bits per heavy atom. The molecule has 256 valence electrons. The number of pyridine rings is 1. The molecule has 2 atom stereocenters. The van der Waals surface area contributed by atoms with Gasteiger partial charge >= 0.3 is 6.18 Å². The lowest BCUT2D eigenvalue weighted by molar-refractivity contribution is -0.129. The lowest BCUT2D eigenvalue weighted by Gasteiger charge is -2.38. The van der Waals surface area contributed by atoms with E-state index in [0.29, 0.717) is 29.1 Å². The zero-order valence-electron chi connectivity index (χ0n) is 25.7. The first-order valence-corrected chi connectivity index (χ1v) is 17.7. The van der Waals surface area contributed by atoms with Crippen LogP contribution >= 0.6 is 10.0 Å². The van der Waals surface area contributed by atoms with Crippen LogP contribution in [0.25, 0.3) is 5.82 Å². The molecule has 4 heterocycles. The van der Waals surface area contributed by atoms with Gasteiger partial charge in [0.1, 0.15) is 15.7 Å². The van der Waals surface area contributed by atoms with Crippen LogP contribution in [0.2, 0.25) is 0 Å². The number of alkyl halides is 3. The number of anilines is 1. The molecule has 10 nitrogen and oxygen atoms in total. The Morgan fingerprint density at radius 2 is 1.82 bits per heavy atom. The van der Waals surface area contributed by atoms with Crippen molar-refractivity contribution in [3.8, 4) is 5.82 Å². The van der Waals surface area contributed by atoms with Crippen molar-refractivity contribution >= 4 is 31.8 Å². The summed E-state index contributed by atoms with van der Waals surface area (Å²) in [6.07, 6.45) is 0.529. The fraction of sp³-hybridized carbons (Fsp3) is 0.600. The van der Waals surface area contributed by atoms with Crippen molar-refractivity contribution in [2.45, 2.75) is 96.1 Å². The van der Waals surface area contributed by atoms with Gasteiger partial charge < -0.3 is 4.90 Å². The zero-order chi connectivity index (χ0) is 32.1. The molecule has 15 heteroatoms. The molecule has 1 aliphatic rings. The molecule has 45 heavy (non-hydrogen) atoms. The number of aryl methyl sites for hydroxylation is 2. The molecule has 3 aromatic rings. The molecular formula is C30H50F3N7O3S2. The number of aromatic nitrogens is 5. The van der Waals surface area contributed by atoms with Crippen molar-refractivity contribution in [3.63, 3.8) is 0 Å². The van der Waals surface area contributed by atoms with E-state index in [0.717, 1.165) is 6.42 Å². The first kappa shape index (κ1) is 38.1. The van der Waals surface area contributed by atoms with Crippen LogP contribution < -0.4 is 9.62 Å². The Morgan fingerprint density at radius 1 is 1.18 bits per heavy atom. The number of hydrogen-bond acceptors (Lipinski definition) is 7. The van der Waals surface area contributed by atoms with E-state index in [1.165, 1.54) is 21.6 Å². The van der Waals surface area contributed by atoms with E-state index in [1.807, 2.05) is 38.9 Å². The van der Waals surface area contributed by atoms with Gasteiger partial charge in [0, 0.05) is 33.0 Å². The van der Waals surface area contributed by atoms with Gasteiger partial charge in [-0.2, -0.15) is 33.4 Å². The van der Waals surface area contributed by atoms with Gasteiger partial charge in [0.2, 0.25) is 0 Å². The number of halogens is 3. The summed E-state index contributed by atoms with van der Waals surface area (Å²) in [5, 5.41) is 9.30. The third kappa shape index (κ3) is 8.02. The second kappa shape index (κ2) is 13.3. The van der Waals surface area contributed by atoms with E-state index in [2.05, 4.69) is 21.8 Å². The summed E-state index contributed by atoms with van der Waals surface area (Å²) >= 11 is 0. The lowest BCUT2D eigenvalue weighted by Crippen LogP contribution is -2.41. The molecule has 0 aromatic carbocycles. The highest BCUT2D eigenvalue weighted by atomic mass is 32.3. The summed E-state index contributed by atoms with van der Waals surface area (Å²) in [5.74, 6) is 0.0838. The number of sulfonamides is 1. The van der Waals surface area contributed by atoms with Crippen molar-refractivity contribution in [2.24, 2.45) is 13.0 Å². The van der Waals surface area contributed by atoms with Crippen LogP contribution in [0.15, 0.2) is 40.5 Å². The van der Waals surface area contributed by atoms with Crippen LogP contribution in [0.3, 0.4) is 0 Å². The molecule has 0 bridgehead atoms. The average Bonchev–Trinajstić information content (AvgIpc) is 3.58.